The van der Waals surface area contributed by atoms with E-state index in [1.54, 1.807) is 0 Å². The van der Waals surface area contributed by atoms with Gasteiger partial charge in [-0.05, 0) is 17.7 Å². The Labute approximate surface area is 154 Å². The molecule has 0 unspecified atom stereocenters. The fourth-order valence-corrected chi connectivity index (χ4v) is 2.43. The number of hydrogen-bond acceptors (Lipinski definition) is 4. The van der Waals surface area contributed by atoms with Gasteiger partial charge in [-0.25, -0.2) is 10.2 Å². The molecule has 3 rings (SSSR count). The topological polar surface area (TPSA) is 51.4 Å². The van der Waals surface area contributed by atoms with Crippen LogP contribution < -0.4 is 5.48 Å². The van der Waals surface area contributed by atoms with Crippen molar-refractivity contribution in [3.05, 3.63) is 78.0 Å². The van der Waals surface area contributed by atoms with Crippen LogP contribution in [0.1, 0.15) is 32.0 Å². The molecule has 0 spiro atoms. The Morgan fingerprint density at radius 3 is 2.35 bits per heavy atom. The highest BCUT2D eigenvalue weighted by Gasteiger charge is 2.19. The highest BCUT2D eigenvalue weighted by molar-refractivity contribution is 5.56. The number of aliphatic imine (C=N–C) groups is 1. The summed E-state index contributed by atoms with van der Waals surface area (Å²) in [5.74, 6) is 0.758. The highest BCUT2D eigenvalue weighted by atomic mass is 16.6. The van der Waals surface area contributed by atoms with E-state index in [-0.39, 0.29) is 5.41 Å². The van der Waals surface area contributed by atoms with Gasteiger partial charge in [-0.15, -0.1) is 0 Å². The SMILES string of the molecule is CC(C)(C)c1cc(N=CONc2ccccc2)n(Cc2ccccc2)n1. The molecule has 0 saturated heterocycles. The summed E-state index contributed by atoms with van der Waals surface area (Å²) in [6.07, 6.45) is 1.40. The Kier molecular flexibility index (Phi) is 5.37. The first-order chi connectivity index (χ1) is 12.5. The lowest BCUT2D eigenvalue weighted by atomic mass is 9.92. The van der Waals surface area contributed by atoms with Crippen molar-refractivity contribution in [3.8, 4) is 0 Å². The fraction of sp³-hybridized carbons (Fsp3) is 0.238. The van der Waals surface area contributed by atoms with Crippen LogP contribution in [0, 0.1) is 0 Å². The zero-order chi connectivity index (χ0) is 18.4. The van der Waals surface area contributed by atoms with Crippen molar-refractivity contribution >= 4 is 17.9 Å². The predicted molar refractivity (Wildman–Crippen MR) is 106 cm³/mol. The second kappa shape index (κ2) is 7.87. The molecule has 5 nitrogen and oxygen atoms in total. The van der Waals surface area contributed by atoms with E-state index in [4.69, 9.17) is 9.94 Å². The maximum Gasteiger partial charge on any atom is 0.210 e. The Hall–Kier alpha value is -3.08. The summed E-state index contributed by atoms with van der Waals surface area (Å²) in [5, 5.41) is 4.74. The molecule has 1 heterocycles. The van der Waals surface area contributed by atoms with E-state index >= 15 is 0 Å². The molecule has 0 bridgehead atoms. The van der Waals surface area contributed by atoms with E-state index in [0.717, 1.165) is 17.2 Å². The maximum absolute atomic E-state index is 5.34. The molecular formula is C21H24N4O. The molecule has 0 fully saturated rings. The molecule has 0 aliphatic heterocycles. The lowest BCUT2D eigenvalue weighted by molar-refractivity contribution is 0.412. The van der Waals surface area contributed by atoms with E-state index in [1.165, 1.54) is 12.0 Å². The predicted octanol–water partition coefficient (Wildman–Crippen LogP) is 4.93. The van der Waals surface area contributed by atoms with Gasteiger partial charge in [-0.3, -0.25) is 0 Å². The van der Waals surface area contributed by atoms with Gasteiger partial charge in [-0.2, -0.15) is 10.1 Å². The summed E-state index contributed by atoms with van der Waals surface area (Å²) in [6, 6.07) is 21.9. The fourth-order valence-electron chi connectivity index (χ4n) is 2.43. The first-order valence-electron chi connectivity index (χ1n) is 8.64. The first kappa shape index (κ1) is 17.7. The number of nitrogens with zero attached hydrogens (tertiary/aromatic N) is 3. The Morgan fingerprint density at radius 2 is 1.69 bits per heavy atom. The molecule has 0 radical (unpaired) electrons. The second-order valence-corrected chi connectivity index (χ2v) is 7.10. The van der Waals surface area contributed by atoms with Crippen LogP contribution in [0.4, 0.5) is 11.5 Å². The molecule has 5 heteroatoms. The van der Waals surface area contributed by atoms with Crippen LogP contribution in [-0.4, -0.2) is 16.2 Å². The minimum absolute atomic E-state index is 0.0463. The van der Waals surface area contributed by atoms with Gasteiger partial charge in [0, 0.05) is 11.5 Å². The summed E-state index contributed by atoms with van der Waals surface area (Å²) < 4.78 is 1.90. The third-order valence-electron chi connectivity index (χ3n) is 3.89. The monoisotopic (exact) mass is 348 g/mol. The van der Waals surface area contributed by atoms with E-state index in [0.29, 0.717) is 6.54 Å². The van der Waals surface area contributed by atoms with Crippen LogP contribution in [0.3, 0.4) is 0 Å². The largest absolute Gasteiger partial charge is 0.370 e. The number of anilines is 1. The summed E-state index contributed by atoms with van der Waals surface area (Å²) in [4.78, 5) is 9.78. The van der Waals surface area contributed by atoms with Gasteiger partial charge in [0.25, 0.3) is 0 Å². The molecule has 1 aromatic heterocycles. The lowest BCUT2D eigenvalue weighted by Crippen LogP contribution is -2.13. The van der Waals surface area contributed by atoms with Crippen molar-refractivity contribution in [2.24, 2.45) is 4.99 Å². The van der Waals surface area contributed by atoms with Crippen LogP contribution in [0.15, 0.2) is 71.7 Å². The lowest BCUT2D eigenvalue weighted by Gasteiger charge is -2.14. The average molecular weight is 348 g/mol. The minimum Gasteiger partial charge on any atom is -0.370 e. The Bertz CT molecular complexity index is 849. The van der Waals surface area contributed by atoms with Crippen LogP contribution >= 0.6 is 0 Å². The van der Waals surface area contributed by atoms with Crippen molar-refractivity contribution in [2.45, 2.75) is 32.7 Å². The number of para-hydroxylation sites is 1. The van der Waals surface area contributed by atoms with Crippen molar-refractivity contribution < 1.29 is 4.84 Å². The molecule has 1 N–H and O–H groups in total. The normalized spacial score (nSPS) is 11.7. The van der Waals surface area contributed by atoms with E-state index in [1.807, 2.05) is 59.3 Å². The average Bonchev–Trinajstić information content (AvgIpc) is 3.04. The number of hydrogen-bond donors (Lipinski definition) is 1. The van der Waals surface area contributed by atoms with Gasteiger partial charge in [0.05, 0.1) is 17.9 Å². The van der Waals surface area contributed by atoms with E-state index < -0.39 is 0 Å². The molecule has 134 valence electrons. The number of benzene rings is 2. The van der Waals surface area contributed by atoms with Crippen molar-refractivity contribution in [1.82, 2.24) is 9.78 Å². The molecule has 26 heavy (non-hydrogen) atoms. The zero-order valence-electron chi connectivity index (χ0n) is 15.4. The van der Waals surface area contributed by atoms with Crippen LogP contribution in [0.5, 0.6) is 0 Å². The van der Waals surface area contributed by atoms with Crippen molar-refractivity contribution in [3.63, 3.8) is 0 Å². The first-order valence-corrected chi connectivity index (χ1v) is 8.64. The third-order valence-corrected chi connectivity index (χ3v) is 3.89. The van der Waals surface area contributed by atoms with Gasteiger partial charge in [0.1, 0.15) is 0 Å². The number of nitrogens with one attached hydrogen (secondary N) is 1. The number of aromatic nitrogens is 2. The van der Waals surface area contributed by atoms with Gasteiger partial charge in [0.2, 0.25) is 6.40 Å². The summed E-state index contributed by atoms with van der Waals surface area (Å²) in [5.41, 5.74) is 5.84. The molecule has 2 aromatic carbocycles. The molecule has 0 atom stereocenters. The van der Waals surface area contributed by atoms with Gasteiger partial charge < -0.3 is 4.84 Å². The molecule has 0 saturated carbocycles. The summed E-state index contributed by atoms with van der Waals surface area (Å²) in [7, 11) is 0. The Morgan fingerprint density at radius 1 is 1.04 bits per heavy atom. The standard InChI is InChI=1S/C21H24N4O/c1-21(2,3)19-14-20(22-16-26-24-18-12-8-5-9-13-18)25(23-19)15-17-10-6-4-7-11-17/h4-14,16,24H,15H2,1-3H3. The second-order valence-electron chi connectivity index (χ2n) is 7.10. The van der Waals surface area contributed by atoms with E-state index in [9.17, 15) is 0 Å². The quantitative estimate of drug-likeness (QED) is 0.390. The van der Waals surface area contributed by atoms with Crippen molar-refractivity contribution in [1.29, 1.82) is 0 Å². The van der Waals surface area contributed by atoms with Crippen LogP contribution in [0.2, 0.25) is 0 Å². The molecule has 0 aliphatic rings. The minimum atomic E-state index is -0.0463. The molecule has 0 aliphatic carbocycles. The molecule has 3 aromatic rings. The molecular weight excluding hydrogens is 324 g/mol. The van der Waals surface area contributed by atoms with Crippen LogP contribution in [-0.2, 0) is 16.8 Å². The van der Waals surface area contributed by atoms with E-state index in [2.05, 4.69) is 43.4 Å². The van der Waals surface area contributed by atoms with Gasteiger partial charge in [0.15, 0.2) is 5.82 Å². The van der Waals surface area contributed by atoms with Crippen molar-refractivity contribution in [2.75, 3.05) is 5.48 Å². The number of rotatable bonds is 6. The van der Waals surface area contributed by atoms with Crippen LogP contribution in [0.25, 0.3) is 0 Å². The van der Waals surface area contributed by atoms with Gasteiger partial charge in [-0.1, -0.05) is 69.3 Å². The smallest absolute Gasteiger partial charge is 0.210 e. The Balaban J connectivity index is 1.75. The maximum atomic E-state index is 5.34. The zero-order valence-corrected chi connectivity index (χ0v) is 15.4. The highest BCUT2D eigenvalue weighted by Crippen LogP contribution is 2.26. The molecule has 0 amide bonds. The van der Waals surface area contributed by atoms with Gasteiger partial charge >= 0.3 is 0 Å². The third kappa shape index (κ3) is 4.72. The summed E-state index contributed by atoms with van der Waals surface area (Å²) in [6.45, 7) is 7.09. The summed E-state index contributed by atoms with van der Waals surface area (Å²) >= 11 is 0.